The number of nitrogens with one attached hydrogen (secondary N) is 1. The molecule has 10 heteroatoms. The lowest BCUT2D eigenvalue weighted by molar-refractivity contribution is -0.153. The van der Waals surface area contributed by atoms with Crippen LogP contribution < -0.4 is 14.8 Å². The maximum Gasteiger partial charge on any atom is 0.422 e. The summed E-state index contributed by atoms with van der Waals surface area (Å²) in [5, 5.41) is 3.31. The average molecular weight is 442 g/mol. The third kappa shape index (κ3) is 5.35. The molecule has 0 atom stereocenters. The second-order valence-electron chi connectivity index (χ2n) is 6.56. The number of nitrogens with zero attached hydrogens (tertiary/aromatic N) is 2. The van der Waals surface area contributed by atoms with Crippen molar-refractivity contribution in [2.75, 3.05) is 19.0 Å². The van der Waals surface area contributed by atoms with Crippen molar-refractivity contribution in [2.45, 2.75) is 19.0 Å². The quantitative estimate of drug-likeness (QED) is 0.574. The molecule has 1 amide bonds. The van der Waals surface area contributed by atoms with Gasteiger partial charge in [-0.05, 0) is 42.3 Å². The van der Waals surface area contributed by atoms with Gasteiger partial charge < -0.3 is 14.0 Å². The fourth-order valence-electron chi connectivity index (χ4n) is 2.88. The number of aryl methyl sites for hydroxylation is 2. The highest BCUT2D eigenvalue weighted by Crippen LogP contribution is 2.30. The molecule has 0 fully saturated rings. The van der Waals surface area contributed by atoms with Crippen LogP contribution in [0.1, 0.15) is 12.0 Å². The molecule has 0 aliphatic carbocycles. The Labute approximate surface area is 175 Å². The first-order valence-electron chi connectivity index (χ1n) is 8.94. The molecule has 0 unspecified atom stereocenters. The first kappa shape index (κ1) is 21.8. The topological polar surface area (TPSA) is 65.4 Å². The highest BCUT2D eigenvalue weighted by atomic mass is 35.5. The number of hydrogen-bond donors (Lipinski definition) is 1. The summed E-state index contributed by atoms with van der Waals surface area (Å²) in [5.41, 5.74) is 2.21. The van der Waals surface area contributed by atoms with Crippen molar-refractivity contribution >= 4 is 34.5 Å². The predicted octanol–water partition coefficient (Wildman–Crippen LogP) is 4.75. The van der Waals surface area contributed by atoms with E-state index in [-0.39, 0.29) is 23.8 Å². The summed E-state index contributed by atoms with van der Waals surface area (Å²) < 4.78 is 48.6. The Morgan fingerprint density at radius 3 is 2.67 bits per heavy atom. The van der Waals surface area contributed by atoms with Gasteiger partial charge in [-0.3, -0.25) is 10.1 Å². The number of anilines is 1. The van der Waals surface area contributed by atoms with E-state index >= 15 is 0 Å². The number of aromatic nitrogens is 2. The van der Waals surface area contributed by atoms with Crippen molar-refractivity contribution < 1.29 is 27.4 Å². The zero-order valence-corrected chi connectivity index (χ0v) is 17.0. The Hall–Kier alpha value is -2.94. The molecule has 160 valence electrons. The molecule has 1 heterocycles. The molecule has 3 aromatic rings. The Bertz CT molecular complexity index is 1070. The van der Waals surface area contributed by atoms with Gasteiger partial charge in [0, 0.05) is 18.5 Å². The minimum atomic E-state index is -4.44. The molecule has 1 N–H and O–H groups in total. The Balaban J connectivity index is 1.62. The van der Waals surface area contributed by atoms with Crippen molar-refractivity contribution in [3.8, 4) is 11.5 Å². The van der Waals surface area contributed by atoms with Gasteiger partial charge in [0.1, 0.15) is 0 Å². The lowest BCUT2D eigenvalue weighted by atomic mass is 10.1. The van der Waals surface area contributed by atoms with Crippen LogP contribution in [0.2, 0.25) is 5.02 Å². The summed E-state index contributed by atoms with van der Waals surface area (Å²) in [6.45, 7) is -1.41. The summed E-state index contributed by atoms with van der Waals surface area (Å²) in [6.07, 6.45) is -3.93. The molecule has 0 aliphatic rings. The molecule has 3 rings (SSSR count). The summed E-state index contributed by atoms with van der Waals surface area (Å²) in [4.78, 5) is 16.7. The van der Waals surface area contributed by atoms with Crippen LogP contribution in [0.25, 0.3) is 11.0 Å². The number of methoxy groups -OCH3 is 1. The first-order chi connectivity index (χ1) is 14.2. The number of benzene rings is 2. The maximum absolute atomic E-state index is 12.3. The van der Waals surface area contributed by atoms with Crippen LogP contribution in [0.3, 0.4) is 0 Å². The molecule has 6 nitrogen and oxygen atoms in total. The minimum absolute atomic E-state index is 0.0126. The molecule has 2 aromatic carbocycles. The number of amides is 1. The Kier molecular flexibility index (Phi) is 6.40. The van der Waals surface area contributed by atoms with Gasteiger partial charge >= 0.3 is 6.18 Å². The van der Waals surface area contributed by atoms with Crippen molar-refractivity contribution in [3.05, 3.63) is 47.0 Å². The largest absolute Gasteiger partial charge is 0.493 e. The number of halogens is 4. The Morgan fingerprint density at radius 2 is 1.97 bits per heavy atom. The number of fused-ring (bicyclic) bond motifs is 1. The molecule has 0 radical (unpaired) electrons. The van der Waals surface area contributed by atoms with E-state index < -0.39 is 12.8 Å². The minimum Gasteiger partial charge on any atom is -0.493 e. The maximum atomic E-state index is 12.3. The van der Waals surface area contributed by atoms with E-state index in [0.29, 0.717) is 22.9 Å². The fourth-order valence-corrected chi connectivity index (χ4v) is 3.04. The van der Waals surface area contributed by atoms with Gasteiger partial charge in [0.2, 0.25) is 11.9 Å². The van der Waals surface area contributed by atoms with Crippen molar-refractivity contribution in [2.24, 2.45) is 7.05 Å². The number of ether oxygens (including phenoxy) is 2. The van der Waals surface area contributed by atoms with Crippen LogP contribution in [0.5, 0.6) is 11.5 Å². The average Bonchev–Trinajstić information content (AvgIpc) is 2.98. The summed E-state index contributed by atoms with van der Waals surface area (Å²) >= 11 is 5.97. The molecule has 0 bridgehead atoms. The molecule has 0 spiro atoms. The standard InChI is InChI=1S/C20H19ClF3N3O3/c1-27-15-6-5-13(21)10-14(15)25-19(27)26-18(28)8-4-12-3-7-16(17(9-12)29-2)30-11-20(22,23)24/h3,5-7,9-10H,4,8,11H2,1-2H3,(H,25,26,28). The fraction of sp³-hybridized carbons (Fsp3) is 0.300. The van der Waals surface area contributed by atoms with Crippen LogP contribution in [0.15, 0.2) is 36.4 Å². The van der Waals surface area contributed by atoms with Crippen LogP contribution in [-0.4, -0.2) is 35.4 Å². The highest BCUT2D eigenvalue weighted by molar-refractivity contribution is 6.31. The van der Waals surface area contributed by atoms with Gasteiger partial charge in [0.05, 0.1) is 18.1 Å². The van der Waals surface area contributed by atoms with Gasteiger partial charge in [-0.15, -0.1) is 0 Å². The summed E-state index contributed by atoms with van der Waals surface area (Å²) in [5.74, 6) is 0.299. The number of rotatable bonds is 7. The molecular weight excluding hydrogens is 423 g/mol. The normalized spacial score (nSPS) is 11.5. The number of carbonyl (C=O) groups excluding carboxylic acids is 1. The van der Waals surface area contributed by atoms with Gasteiger partial charge in [0.25, 0.3) is 0 Å². The molecular formula is C20H19ClF3N3O3. The number of hydrogen-bond acceptors (Lipinski definition) is 4. The lowest BCUT2D eigenvalue weighted by Crippen LogP contribution is -2.19. The van der Waals surface area contributed by atoms with Crippen molar-refractivity contribution in [3.63, 3.8) is 0 Å². The van der Waals surface area contributed by atoms with E-state index in [1.165, 1.54) is 13.2 Å². The predicted molar refractivity (Wildman–Crippen MR) is 107 cm³/mol. The number of alkyl halides is 3. The third-order valence-corrected chi connectivity index (χ3v) is 4.59. The molecule has 0 saturated carbocycles. The smallest absolute Gasteiger partial charge is 0.422 e. The molecule has 0 aliphatic heterocycles. The van der Waals surface area contributed by atoms with Crippen molar-refractivity contribution in [1.82, 2.24) is 9.55 Å². The molecule has 0 saturated heterocycles. The summed E-state index contributed by atoms with van der Waals surface area (Å²) in [6, 6.07) is 9.81. The number of carbonyl (C=O) groups is 1. The van der Waals surface area contributed by atoms with Crippen molar-refractivity contribution in [1.29, 1.82) is 0 Å². The third-order valence-electron chi connectivity index (χ3n) is 4.35. The molecule has 30 heavy (non-hydrogen) atoms. The van der Waals surface area contributed by atoms with E-state index in [9.17, 15) is 18.0 Å². The van der Waals surface area contributed by atoms with E-state index in [4.69, 9.17) is 21.1 Å². The van der Waals surface area contributed by atoms with Gasteiger partial charge in [-0.1, -0.05) is 17.7 Å². The van der Waals surface area contributed by atoms with Crippen LogP contribution in [0.4, 0.5) is 19.1 Å². The number of imidazole rings is 1. The molecule has 1 aromatic heterocycles. The van der Waals surface area contributed by atoms with E-state index in [0.717, 1.165) is 11.1 Å². The van der Waals surface area contributed by atoms with Crippen LogP contribution in [0, 0.1) is 0 Å². The van der Waals surface area contributed by atoms with Gasteiger partial charge in [-0.2, -0.15) is 13.2 Å². The zero-order valence-electron chi connectivity index (χ0n) is 16.2. The second-order valence-corrected chi connectivity index (χ2v) is 7.00. The SMILES string of the molecule is COc1cc(CCC(=O)Nc2nc3cc(Cl)ccc3n2C)ccc1OCC(F)(F)F. The monoisotopic (exact) mass is 441 g/mol. The van der Waals surface area contributed by atoms with E-state index in [2.05, 4.69) is 10.3 Å². The second kappa shape index (κ2) is 8.83. The lowest BCUT2D eigenvalue weighted by Gasteiger charge is -2.13. The van der Waals surface area contributed by atoms with E-state index in [1.54, 1.807) is 35.9 Å². The van der Waals surface area contributed by atoms with Crippen LogP contribution in [-0.2, 0) is 18.3 Å². The van der Waals surface area contributed by atoms with E-state index in [1.807, 2.05) is 6.07 Å². The van der Waals surface area contributed by atoms with Gasteiger partial charge in [0.15, 0.2) is 18.1 Å². The summed E-state index contributed by atoms with van der Waals surface area (Å²) in [7, 11) is 3.12. The zero-order chi connectivity index (χ0) is 21.9. The highest BCUT2D eigenvalue weighted by Gasteiger charge is 2.29. The van der Waals surface area contributed by atoms with Gasteiger partial charge in [-0.25, -0.2) is 4.98 Å². The Morgan fingerprint density at radius 1 is 1.20 bits per heavy atom. The first-order valence-corrected chi connectivity index (χ1v) is 9.32. The van der Waals surface area contributed by atoms with Crippen LogP contribution >= 0.6 is 11.6 Å².